The van der Waals surface area contributed by atoms with E-state index in [1.807, 2.05) is 60.7 Å². The molecule has 4 nitrogen and oxygen atoms in total. The van der Waals surface area contributed by atoms with Crippen LogP contribution < -0.4 is 0 Å². The highest BCUT2D eigenvalue weighted by Gasteiger charge is 2.30. The molecule has 27 heavy (non-hydrogen) atoms. The molecular formula is C21H24ClNO3S. The van der Waals surface area contributed by atoms with E-state index in [-0.39, 0.29) is 17.5 Å². The molecule has 0 N–H and O–H groups in total. The number of benzene rings is 2. The van der Waals surface area contributed by atoms with Crippen molar-refractivity contribution in [3.05, 3.63) is 83.9 Å². The van der Waals surface area contributed by atoms with Gasteiger partial charge in [0.25, 0.3) is 0 Å². The van der Waals surface area contributed by atoms with Crippen LogP contribution in [0.2, 0.25) is 5.02 Å². The minimum Gasteiger partial charge on any atom is -0.294 e. The van der Waals surface area contributed by atoms with Crippen molar-refractivity contribution in [2.24, 2.45) is 5.92 Å². The second-order valence-electron chi connectivity index (χ2n) is 6.27. The van der Waals surface area contributed by atoms with E-state index in [0.717, 1.165) is 5.02 Å². The Hall–Kier alpha value is -1.95. The molecule has 0 amide bonds. The first-order valence-electron chi connectivity index (χ1n) is 8.82. The zero-order valence-corrected chi connectivity index (χ0v) is 16.7. The molecule has 0 aliphatic carbocycles. The lowest BCUT2D eigenvalue weighted by Crippen LogP contribution is -2.41. The van der Waals surface area contributed by atoms with Crippen molar-refractivity contribution in [3.8, 4) is 0 Å². The number of sulfonamides is 1. The maximum absolute atomic E-state index is 12.3. The maximum Gasteiger partial charge on any atom is 0.217 e. The van der Waals surface area contributed by atoms with Crippen molar-refractivity contribution >= 4 is 27.4 Å². The first kappa shape index (κ1) is 21.4. The number of carbonyl (C=O) groups excluding carboxylic acids is 1. The maximum atomic E-state index is 12.3. The van der Waals surface area contributed by atoms with Gasteiger partial charge in [-0.25, -0.2) is 12.7 Å². The Labute approximate surface area is 166 Å². The van der Waals surface area contributed by atoms with Crippen LogP contribution in [0.25, 0.3) is 0 Å². The predicted octanol–water partition coefficient (Wildman–Crippen LogP) is 4.44. The Balaban J connectivity index is 0.000000313. The van der Waals surface area contributed by atoms with Crippen molar-refractivity contribution in [3.63, 3.8) is 0 Å². The zero-order valence-electron chi connectivity index (χ0n) is 15.1. The summed E-state index contributed by atoms with van der Waals surface area (Å²) in [5.41, 5.74) is 0.708. The third-order valence-corrected chi connectivity index (χ3v) is 6.40. The van der Waals surface area contributed by atoms with Crippen LogP contribution in [0.1, 0.15) is 23.2 Å². The van der Waals surface area contributed by atoms with Gasteiger partial charge in [0.05, 0.1) is 5.75 Å². The SMILES string of the molecule is C=CCS(=O)(=O)N1CCC(C(=O)c2ccccc2)CC1.Clc1ccccc1. The number of nitrogens with zero attached hydrogens (tertiary/aromatic N) is 1. The van der Waals surface area contributed by atoms with Gasteiger partial charge in [-0.1, -0.05) is 66.2 Å². The molecular weight excluding hydrogens is 382 g/mol. The number of Topliss-reactive ketones (excluding diaryl/α,β-unsaturated/α-hetero) is 1. The van der Waals surface area contributed by atoms with Crippen LogP contribution in [0.3, 0.4) is 0 Å². The number of ketones is 1. The van der Waals surface area contributed by atoms with E-state index in [0.29, 0.717) is 31.5 Å². The van der Waals surface area contributed by atoms with Gasteiger partial charge in [0.1, 0.15) is 0 Å². The molecule has 1 aliphatic rings. The number of piperidine rings is 1. The summed E-state index contributed by atoms with van der Waals surface area (Å²) in [7, 11) is -3.24. The largest absolute Gasteiger partial charge is 0.294 e. The highest BCUT2D eigenvalue weighted by molar-refractivity contribution is 7.89. The minimum atomic E-state index is -3.24. The van der Waals surface area contributed by atoms with Crippen LogP contribution in [0.5, 0.6) is 0 Å². The fourth-order valence-electron chi connectivity index (χ4n) is 2.90. The summed E-state index contributed by atoms with van der Waals surface area (Å²) >= 11 is 5.54. The summed E-state index contributed by atoms with van der Waals surface area (Å²) < 4.78 is 25.3. The topological polar surface area (TPSA) is 54.5 Å². The number of halogens is 1. The Morgan fingerprint density at radius 3 is 2.00 bits per heavy atom. The number of hydrogen-bond acceptors (Lipinski definition) is 3. The summed E-state index contributed by atoms with van der Waals surface area (Å²) in [6, 6.07) is 18.6. The number of carbonyl (C=O) groups is 1. The molecule has 1 aliphatic heterocycles. The summed E-state index contributed by atoms with van der Waals surface area (Å²) in [5, 5.41) is 0.794. The Morgan fingerprint density at radius 2 is 1.56 bits per heavy atom. The van der Waals surface area contributed by atoms with E-state index in [9.17, 15) is 13.2 Å². The lowest BCUT2D eigenvalue weighted by molar-refractivity contribution is 0.0875. The van der Waals surface area contributed by atoms with Gasteiger partial charge >= 0.3 is 0 Å². The fraction of sp³-hybridized carbons (Fsp3) is 0.286. The molecule has 3 rings (SSSR count). The highest BCUT2D eigenvalue weighted by atomic mass is 35.5. The van der Waals surface area contributed by atoms with Crippen molar-refractivity contribution in [1.82, 2.24) is 4.31 Å². The lowest BCUT2D eigenvalue weighted by atomic mass is 9.90. The predicted molar refractivity (Wildman–Crippen MR) is 111 cm³/mol. The van der Waals surface area contributed by atoms with Crippen LogP contribution in [0, 0.1) is 5.92 Å². The molecule has 0 unspecified atom stereocenters. The summed E-state index contributed by atoms with van der Waals surface area (Å²) in [5.74, 6) is 0.00329. The normalized spacial score (nSPS) is 15.4. The quantitative estimate of drug-likeness (QED) is 0.546. The molecule has 0 radical (unpaired) electrons. The molecule has 0 atom stereocenters. The van der Waals surface area contributed by atoms with E-state index >= 15 is 0 Å². The van der Waals surface area contributed by atoms with Gasteiger partial charge in [0.15, 0.2) is 5.78 Å². The summed E-state index contributed by atoms with van der Waals surface area (Å²) in [6.07, 6.45) is 2.57. The average molecular weight is 406 g/mol. The van der Waals surface area contributed by atoms with Gasteiger partial charge in [-0.05, 0) is 25.0 Å². The molecule has 0 spiro atoms. The highest BCUT2D eigenvalue weighted by Crippen LogP contribution is 2.23. The summed E-state index contributed by atoms with van der Waals surface area (Å²) in [6.45, 7) is 4.30. The zero-order chi connectivity index (χ0) is 19.7. The first-order chi connectivity index (χ1) is 12.9. The molecule has 1 saturated heterocycles. The third-order valence-electron chi connectivity index (χ3n) is 4.34. The molecule has 144 valence electrons. The fourth-order valence-corrected chi connectivity index (χ4v) is 4.32. The van der Waals surface area contributed by atoms with Crippen LogP contribution >= 0.6 is 11.6 Å². The Kier molecular flexibility index (Phi) is 8.23. The molecule has 1 fully saturated rings. The molecule has 0 saturated carbocycles. The van der Waals surface area contributed by atoms with Crippen LogP contribution in [-0.2, 0) is 10.0 Å². The van der Waals surface area contributed by atoms with Crippen molar-refractivity contribution < 1.29 is 13.2 Å². The van der Waals surface area contributed by atoms with Crippen LogP contribution in [0.4, 0.5) is 0 Å². The average Bonchev–Trinajstić information content (AvgIpc) is 2.69. The third kappa shape index (κ3) is 6.61. The van der Waals surface area contributed by atoms with Gasteiger partial charge in [0.2, 0.25) is 10.0 Å². The van der Waals surface area contributed by atoms with E-state index < -0.39 is 10.0 Å². The van der Waals surface area contributed by atoms with Crippen LogP contribution in [0.15, 0.2) is 73.3 Å². The van der Waals surface area contributed by atoms with Gasteiger partial charge in [-0.2, -0.15) is 0 Å². The molecule has 0 bridgehead atoms. The minimum absolute atomic E-state index is 0.0374. The van der Waals surface area contributed by atoms with Crippen molar-refractivity contribution in [1.29, 1.82) is 0 Å². The van der Waals surface area contributed by atoms with Crippen LogP contribution in [-0.4, -0.2) is 37.3 Å². The van der Waals surface area contributed by atoms with Gasteiger partial charge in [-0.3, -0.25) is 4.79 Å². The van der Waals surface area contributed by atoms with E-state index in [1.54, 1.807) is 0 Å². The lowest BCUT2D eigenvalue weighted by Gasteiger charge is -2.30. The molecule has 0 aromatic heterocycles. The number of rotatable bonds is 5. The standard InChI is InChI=1S/C15H19NO3S.C6H5Cl/c1-2-12-20(18,19)16-10-8-14(9-11-16)15(17)13-6-4-3-5-7-13;7-6-4-2-1-3-5-6/h2-7,14H,1,8-12H2;1-5H. The molecule has 6 heteroatoms. The van der Waals surface area contributed by atoms with Gasteiger partial charge < -0.3 is 0 Å². The number of hydrogen-bond donors (Lipinski definition) is 0. The van der Waals surface area contributed by atoms with Gasteiger partial charge in [0, 0.05) is 29.6 Å². The van der Waals surface area contributed by atoms with E-state index in [1.165, 1.54) is 10.4 Å². The smallest absolute Gasteiger partial charge is 0.217 e. The summed E-state index contributed by atoms with van der Waals surface area (Å²) in [4.78, 5) is 12.3. The second kappa shape index (κ2) is 10.4. The van der Waals surface area contributed by atoms with E-state index in [2.05, 4.69) is 6.58 Å². The van der Waals surface area contributed by atoms with Gasteiger partial charge in [-0.15, -0.1) is 6.58 Å². The monoisotopic (exact) mass is 405 g/mol. The molecule has 1 heterocycles. The molecule has 2 aromatic carbocycles. The van der Waals surface area contributed by atoms with Crippen molar-refractivity contribution in [2.45, 2.75) is 12.8 Å². The Bertz CT molecular complexity index is 830. The van der Waals surface area contributed by atoms with Crippen molar-refractivity contribution in [2.75, 3.05) is 18.8 Å². The van der Waals surface area contributed by atoms with E-state index in [4.69, 9.17) is 11.6 Å². The Morgan fingerprint density at radius 1 is 1.04 bits per heavy atom. The first-order valence-corrected chi connectivity index (χ1v) is 10.8. The second-order valence-corrected chi connectivity index (χ2v) is 8.72. The molecule has 2 aromatic rings.